The second-order valence-electron chi connectivity index (χ2n) is 5.76. The molecule has 1 aliphatic carbocycles. The number of ether oxygens (including phenoxy) is 1. The van der Waals surface area contributed by atoms with Crippen LogP contribution in [0.4, 0.5) is 0 Å². The molecule has 1 saturated carbocycles. The van der Waals surface area contributed by atoms with Gasteiger partial charge in [-0.05, 0) is 18.4 Å². The Morgan fingerprint density at radius 3 is 2.67 bits per heavy atom. The number of nitrogens with zero attached hydrogens (tertiary/aromatic N) is 1. The van der Waals surface area contributed by atoms with E-state index in [4.69, 9.17) is 10.5 Å². The molecule has 5 heteroatoms. The van der Waals surface area contributed by atoms with Crippen molar-refractivity contribution >= 4 is 18.3 Å². The Balaban J connectivity index is 0.00000161. The lowest BCUT2D eigenvalue weighted by atomic mass is 10.0. The Morgan fingerprint density at radius 1 is 1.24 bits per heavy atom. The lowest BCUT2D eigenvalue weighted by Gasteiger charge is -2.35. The van der Waals surface area contributed by atoms with Crippen LogP contribution in [0.25, 0.3) is 0 Å². The van der Waals surface area contributed by atoms with Crippen LogP contribution in [-0.4, -0.2) is 36.5 Å². The molecule has 1 saturated heterocycles. The predicted octanol–water partition coefficient (Wildman–Crippen LogP) is 2.14. The summed E-state index contributed by atoms with van der Waals surface area (Å²) in [4.78, 5) is 14.5. The molecule has 0 spiro atoms. The topological polar surface area (TPSA) is 55.6 Å². The van der Waals surface area contributed by atoms with Gasteiger partial charge in [0.2, 0.25) is 5.91 Å². The highest BCUT2D eigenvalue weighted by molar-refractivity contribution is 5.85. The van der Waals surface area contributed by atoms with Crippen LogP contribution in [0.3, 0.4) is 0 Å². The van der Waals surface area contributed by atoms with Gasteiger partial charge in [0.1, 0.15) is 6.10 Å². The molecular formula is C16H23ClN2O2. The van der Waals surface area contributed by atoms with Crippen LogP contribution in [-0.2, 0) is 9.53 Å². The molecule has 0 aromatic heterocycles. The van der Waals surface area contributed by atoms with E-state index < -0.39 is 0 Å². The van der Waals surface area contributed by atoms with Crippen LogP contribution in [0.15, 0.2) is 30.3 Å². The summed E-state index contributed by atoms with van der Waals surface area (Å²) in [5.41, 5.74) is 7.19. The molecule has 1 aromatic rings. The van der Waals surface area contributed by atoms with Crippen molar-refractivity contribution in [3.8, 4) is 0 Å². The molecule has 1 amide bonds. The number of morpholine rings is 1. The number of amides is 1. The third-order valence-corrected chi connectivity index (χ3v) is 4.44. The van der Waals surface area contributed by atoms with Gasteiger partial charge in [0.15, 0.2) is 0 Å². The number of hydrogen-bond acceptors (Lipinski definition) is 3. The minimum atomic E-state index is -0.00784. The van der Waals surface area contributed by atoms with Crippen LogP contribution in [0.5, 0.6) is 0 Å². The van der Waals surface area contributed by atoms with Crippen molar-refractivity contribution in [3.63, 3.8) is 0 Å². The van der Waals surface area contributed by atoms with E-state index in [9.17, 15) is 4.79 Å². The lowest BCUT2D eigenvalue weighted by Crippen LogP contribution is -2.47. The molecular weight excluding hydrogens is 288 g/mol. The fraction of sp³-hybridized carbons (Fsp3) is 0.562. The summed E-state index contributed by atoms with van der Waals surface area (Å²) in [7, 11) is 0. The predicted molar refractivity (Wildman–Crippen MR) is 84.3 cm³/mol. The summed E-state index contributed by atoms with van der Waals surface area (Å²) in [6, 6.07) is 10.2. The highest BCUT2D eigenvalue weighted by Crippen LogP contribution is 2.28. The van der Waals surface area contributed by atoms with Gasteiger partial charge in [-0.1, -0.05) is 36.8 Å². The first-order valence-corrected chi connectivity index (χ1v) is 7.46. The van der Waals surface area contributed by atoms with E-state index in [0.29, 0.717) is 19.7 Å². The minimum absolute atomic E-state index is 0. The Labute approximate surface area is 132 Å². The highest BCUT2D eigenvalue weighted by Gasteiger charge is 2.35. The summed E-state index contributed by atoms with van der Waals surface area (Å²) in [6.45, 7) is 1.94. The third-order valence-electron chi connectivity index (χ3n) is 4.44. The van der Waals surface area contributed by atoms with Gasteiger partial charge in [-0.2, -0.15) is 0 Å². The van der Waals surface area contributed by atoms with Gasteiger partial charge in [0.25, 0.3) is 0 Å². The summed E-state index contributed by atoms with van der Waals surface area (Å²) in [5, 5.41) is 0. The zero-order valence-corrected chi connectivity index (χ0v) is 12.9. The molecule has 2 fully saturated rings. The van der Waals surface area contributed by atoms with Gasteiger partial charge < -0.3 is 15.4 Å². The van der Waals surface area contributed by atoms with Gasteiger partial charge in [-0.25, -0.2) is 0 Å². The standard InChI is InChI=1S/C16H22N2O2.ClH/c17-14-8-4-7-13(14)16(19)18-9-10-20-15(11-18)12-5-2-1-3-6-12;/h1-3,5-6,13-15H,4,7-11,17H2;1H. The van der Waals surface area contributed by atoms with E-state index in [2.05, 4.69) is 12.1 Å². The number of carbonyl (C=O) groups excluding carboxylic acids is 1. The zero-order chi connectivity index (χ0) is 13.9. The monoisotopic (exact) mass is 310 g/mol. The van der Waals surface area contributed by atoms with Crippen LogP contribution in [0, 0.1) is 5.92 Å². The maximum Gasteiger partial charge on any atom is 0.227 e. The average Bonchev–Trinajstić information content (AvgIpc) is 2.94. The zero-order valence-electron chi connectivity index (χ0n) is 12.1. The first-order chi connectivity index (χ1) is 9.75. The number of hydrogen-bond donors (Lipinski definition) is 1. The van der Waals surface area contributed by atoms with Crippen LogP contribution in [0.2, 0.25) is 0 Å². The quantitative estimate of drug-likeness (QED) is 0.910. The SMILES string of the molecule is Cl.NC1CCCC1C(=O)N1CCOC(c2ccccc2)C1. The first-order valence-electron chi connectivity index (χ1n) is 7.46. The van der Waals surface area contributed by atoms with Gasteiger partial charge in [0, 0.05) is 12.6 Å². The summed E-state index contributed by atoms with van der Waals surface area (Å²) in [6.07, 6.45) is 2.98. The summed E-state index contributed by atoms with van der Waals surface area (Å²) >= 11 is 0. The second-order valence-corrected chi connectivity index (χ2v) is 5.76. The fourth-order valence-corrected chi connectivity index (χ4v) is 3.25. The number of carbonyl (C=O) groups is 1. The number of rotatable bonds is 2. The molecule has 3 atom stereocenters. The molecule has 21 heavy (non-hydrogen) atoms. The molecule has 1 aromatic carbocycles. The number of halogens is 1. The van der Waals surface area contributed by atoms with Crippen LogP contribution in [0.1, 0.15) is 30.9 Å². The maximum atomic E-state index is 12.6. The van der Waals surface area contributed by atoms with Crippen molar-refractivity contribution in [3.05, 3.63) is 35.9 Å². The molecule has 1 aliphatic heterocycles. The molecule has 0 bridgehead atoms. The van der Waals surface area contributed by atoms with E-state index in [1.165, 1.54) is 0 Å². The smallest absolute Gasteiger partial charge is 0.227 e. The van der Waals surface area contributed by atoms with E-state index in [1.807, 2.05) is 23.1 Å². The molecule has 116 valence electrons. The van der Waals surface area contributed by atoms with Crippen molar-refractivity contribution in [2.45, 2.75) is 31.4 Å². The third kappa shape index (κ3) is 3.57. The highest BCUT2D eigenvalue weighted by atomic mass is 35.5. The van der Waals surface area contributed by atoms with Gasteiger partial charge in [-0.3, -0.25) is 4.79 Å². The number of nitrogens with two attached hydrogens (primary N) is 1. The van der Waals surface area contributed by atoms with Crippen LogP contribution < -0.4 is 5.73 Å². The Morgan fingerprint density at radius 2 is 2.00 bits per heavy atom. The van der Waals surface area contributed by atoms with E-state index >= 15 is 0 Å². The number of benzene rings is 1. The van der Waals surface area contributed by atoms with Gasteiger partial charge >= 0.3 is 0 Å². The molecule has 0 radical (unpaired) electrons. The molecule has 2 N–H and O–H groups in total. The van der Waals surface area contributed by atoms with Gasteiger partial charge in [-0.15, -0.1) is 12.4 Å². The summed E-state index contributed by atoms with van der Waals surface area (Å²) < 4.78 is 5.81. The van der Waals surface area contributed by atoms with Gasteiger partial charge in [0.05, 0.1) is 19.1 Å². The molecule has 3 unspecified atom stereocenters. The Bertz CT molecular complexity index is 469. The lowest BCUT2D eigenvalue weighted by molar-refractivity contribution is -0.143. The normalized spacial score (nSPS) is 29.0. The maximum absolute atomic E-state index is 12.6. The fourth-order valence-electron chi connectivity index (χ4n) is 3.25. The van der Waals surface area contributed by atoms with E-state index in [1.54, 1.807) is 0 Å². The largest absolute Gasteiger partial charge is 0.370 e. The minimum Gasteiger partial charge on any atom is -0.370 e. The van der Waals surface area contributed by atoms with E-state index in [-0.39, 0.29) is 36.4 Å². The van der Waals surface area contributed by atoms with Crippen molar-refractivity contribution in [1.29, 1.82) is 0 Å². The Hall–Kier alpha value is -1.10. The average molecular weight is 311 g/mol. The van der Waals surface area contributed by atoms with Crippen LogP contribution >= 0.6 is 12.4 Å². The molecule has 2 aliphatic rings. The molecule has 4 nitrogen and oxygen atoms in total. The van der Waals surface area contributed by atoms with Crippen molar-refractivity contribution in [1.82, 2.24) is 4.90 Å². The molecule has 1 heterocycles. The van der Waals surface area contributed by atoms with Crippen molar-refractivity contribution in [2.24, 2.45) is 11.7 Å². The first kappa shape index (κ1) is 16.3. The van der Waals surface area contributed by atoms with Crippen molar-refractivity contribution < 1.29 is 9.53 Å². The second kappa shape index (κ2) is 7.25. The van der Waals surface area contributed by atoms with Crippen molar-refractivity contribution in [2.75, 3.05) is 19.7 Å². The summed E-state index contributed by atoms with van der Waals surface area (Å²) in [5.74, 6) is 0.240. The Kier molecular flexibility index (Phi) is 5.62. The molecule has 3 rings (SSSR count). The van der Waals surface area contributed by atoms with E-state index in [0.717, 1.165) is 24.8 Å².